The summed E-state index contributed by atoms with van der Waals surface area (Å²) in [4.78, 5) is 25.9. The molecule has 2 rings (SSSR count). The van der Waals surface area contributed by atoms with Gasteiger partial charge in [-0.15, -0.1) is 0 Å². The fraction of sp³-hybridized carbons (Fsp3) is 0.600. The molecule has 0 atom stereocenters. The Labute approximate surface area is 176 Å². The van der Waals surface area contributed by atoms with Gasteiger partial charge in [0.1, 0.15) is 16.4 Å². The summed E-state index contributed by atoms with van der Waals surface area (Å²) in [6, 6.07) is 5.16. The van der Waals surface area contributed by atoms with Crippen molar-refractivity contribution in [3.63, 3.8) is 0 Å². The molecule has 1 aliphatic heterocycles. The number of hydrogen-bond acceptors (Lipinski definition) is 4. The van der Waals surface area contributed by atoms with E-state index in [0.29, 0.717) is 41.3 Å². The zero-order valence-electron chi connectivity index (χ0n) is 16.6. The van der Waals surface area contributed by atoms with Crippen LogP contribution in [0.2, 0.25) is 10.0 Å². The Balaban J connectivity index is 1.66. The van der Waals surface area contributed by atoms with Crippen LogP contribution in [0, 0.1) is 5.92 Å². The van der Waals surface area contributed by atoms with Gasteiger partial charge in [-0.25, -0.2) is 4.79 Å². The van der Waals surface area contributed by atoms with Crippen molar-refractivity contribution in [3.8, 4) is 5.75 Å². The number of nitrogens with one attached hydrogen (secondary N) is 1. The van der Waals surface area contributed by atoms with Gasteiger partial charge in [-0.2, -0.15) is 0 Å². The van der Waals surface area contributed by atoms with E-state index in [1.165, 1.54) is 0 Å². The number of likely N-dealkylation sites (tertiary alicyclic amines) is 1. The Morgan fingerprint density at radius 2 is 1.89 bits per heavy atom. The third kappa shape index (κ3) is 7.40. The highest BCUT2D eigenvalue weighted by atomic mass is 35.5. The third-order valence-electron chi connectivity index (χ3n) is 4.39. The number of carbonyl (C=O) groups is 2. The van der Waals surface area contributed by atoms with Crippen molar-refractivity contribution in [2.45, 2.75) is 45.6 Å². The molecule has 0 radical (unpaired) electrons. The van der Waals surface area contributed by atoms with Crippen molar-refractivity contribution in [1.29, 1.82) is 0 Å². The van der Waals surface area contributed by atoms with Gasteiger partial charge in [0.25, 0.3) is 0 Å². The molecule has 0 aliphatic carbocycles. The number of amides is 2. The third-order valence-corrected chi connectivity index (χ3v) is 5.19. The number of ether oxygens (including phenoxy) is 2. The van der Waals surface area contributed by atoms with E-state index in [1.54, 1.807) is 18.2 Å². The van der Waals surface area contributed by atoms with E-state index < -0.39 is 11.7 Å². The molecule has 156 valence electrons. The van der Waals surface area contributed by atoms with Gasteiger partial charge in [-0.1, -0.05) is 29.3 Å². The molecule has 1 N–H and O–H groups in total. The summed E-state index contributed by atoms with van der Waals surface area (Å²) in [5.41, 5.74) is -0.503. The number of piperidine rings is 1. The molecule has 0 aromatic heterocycles. The molecule has 1 aromatic rings. The zero-order chi connectivity index (χ0) is 20.7. The van der Waals surface area contributed by atoms with Gasteiger partial charge in [0, 0.05) is 19.6 Å². The first kappa shape index (κ1) is 22.6. The van der Waals surface area contributed by atoms with Crippen LogP contribution in [-0.4, -0.2) is 48.7 Å². The largest absolute Gasteiger partial charge is 0.491 e. The Morgan fingerprint density at radius 3 is 2.54 bits per heavy atom. The standard InChI is InChI=1S/C20H28Cl2N2O4/c1-20(2,3)28-19(26)23-13-14-7-10-24(11-8-14)17(25)9-12-27-16-6-4-5-15(21)18(16)22/h4-6,14H,7-13H2,1-3H3,(H,23,26). The van der Waals surface area contributed by atoms with Gasteiger partial charge in [-0.3, -0.25) is 4.79 Å². The molecule has 8 heteroatoms. The maximum Gasteiger partial charge on any atom is 0.407 e. The van der Waals surface area contributed by atoms with Gasteiger partial charge >= 0.3 is 6.09 Å². The zero-order valence-corrected chi connectivity index (χ0v) is 18.1. The summed E-state index contributed by atoms with van der Waals surface area (Å²) in [7, 11) is 0. The number of alkyl carbamates (subject to hydrolysis) is 1. The van der Waals surface area contributed by atoms with E-state index in [4.69, 9.17) is 32.7 Å². The van der Waals surface area contributed by atoms with Gasteiger partial charge in [0.2, 0.25) is 5.91 Å². The number of benzene rings is 1. The van der Waals surface area contributed by atoms with Crippen LogP contribution >= 0.6 is 23.2 Å². The number of carbonyl (C=O) groups excluding carboxylic acids is 2. The molecule has 6 nitrogen and oxygen atoms in total. The van der Waals surface area contributed by atoms with Gasteiger partial charge < -0.3 is 19.7 Å². The van der Waals surface area contributed by atoms with E-state index in [0.717, 1.165) is 12.8 Å². The predicted molar refractivity (Wildman–Crippen MR) is 110 cm³/mol. The second-order valence-electron chi connectivity index (χ2n) is 7.86. The summed E-state index contributed by atoms with van der Waals surface area (Å²) in [5, 5.41) is 3.59. The Bertz CT molecular complexity index is 683. The fourth-order valence-corrected chi connectivity index (χ4v) is 3.28. The average molecular weight is 431 g/mol. The molecule has 0 bridgehead atoms. The lowest BCUT2D eigenvalue weighted by Crippen LogP contribution is -2.42. The first-order valence-electron chi connectivity index (χ1n) is 9.47. The van der Waals surface area contributed by atoms with Gasteiger partial charge in [0.05, 0.1) is 18.1 Å². The maximum absolute atomic E-state index is 12.4. The van der Waals surface area contributed by atoms with E-state index in [2.05, 4.69) is 5.32 Å². The molecule has 0 saturated carbocycles. The summed E-state index contributed by atoms with van der Waals surface area (Å²) >= 11 is 12.0. The smallest absolute Gasteiger partial charge is 0.407 e. The van der Waals surface area contributed by atoms with Crippen LogP contribution in [0.5, 0.6) is 5.75 Å². The normalized spacial score (nSPS) is 15.2. The molecule has 1 heterocycles. The molecular formula is C20H28Cl2N2O4. The second kappa shape index (κ2) is 10.2. The number of halogens is 2. The molecule has 1 fully saturated rings. The molecule has 0 spiro atoms. The number of nitrogens with zero attached hydrogens (tertiary/aromatic N) is 1. The van der Waals surface area contributed by atoms with Crippen molar-refractivity contribution in [2.24, 2.45) is 5.92 Å². The first-order chi connectivity index (χ1) is 13.2. The van der Waals surface area contributed by atoms with E-state index in [-0.39, 0.29) is 18.9 Å². The minimum Gasteiger partial charge on any atom is -0.491 e. The highest BCUT2D eigenvalue weighted by Crippen LogP contribution is 2.31. The fourth-order valence-electron chi connectivity index (χ4n) is 2.93. The second-order valence-corrected chi connectivity index (χ2v) is 8.64. The molecule has 2 amide bonds. The van der Waals surface area contributed by atoms with Gasteiger partial charge in [0.15, 0.2) is 0 Å². The van der Waals surface area contributed by atoms with Crippen molar-refractivity contribution in [2.75, 3.05) is 26.2 Å². The van der Waals surface area contributed by atoms with Crippen LogP contribution in [0.1, 0.15) is 40.0 Å². The van der Waals surface area contributed by atoms with E-state index in [1.807, 2.05) is 25.7 Å². The lowest BCUT2D eigenvalue weighted by Gasteiger charge is -2.32. The maximum atomic E-state index is 12.4. The van der Waals surface area contributed by atoms with Gasteiger partial charge in [-0.05, 0) is 51.7 Å². The minimum atomic E-state index is -0.503. The quantitative estimate of drug-likeness (QED) is 0.719. The highest BCUT2D eigenvalue weighted by Gasteiger charge is 2.24. The number of rotatable bonds is 6. The molecular weight excluding hydrogens is 403 g/mol. The minimum absolute atomic E-state index is 0.0525. The molecule has 28 heavy (non-hydrogen) atoms. The molecule has 0 unspecified atom stereocenters. The summed E-state index contributed by atoms with van der Waals surface area (Å²) in [6.45, 7) is 7.67. The van der Waals surface area contributed by atoms with Crippen molar-refractivity contribution < 1.29 is 19.1 Å². The first-order valence-corrected chi connectivity index (χ1v) is 10.2. The van der Waals surface area contributed by atoms with Crippen molar-refractivity contribution in [1.82, 2.24) is 10.2 Å². The SMILES string of the molecule is CC(C)(C)OC(=O)NCC1CCN(C(=O)CCOc2cccc(Cl)c2Cl)CC1. The number of hydrogen-bond donors (Lipinski definition) is 1. The Hall–Kier alpha value is -1.66. The Morgan fingerprint density at radius 1 is 1.21 bits per heavy atom. The lowest BCUT2D eigenvalue weighted by molar-refractivity contribution is -0.133. The topological polar surface area (TPSA) is 67.9 Å². The van der Waals surface area contributed by atoms with Crippen LogP contribution in [0.4, 0.5) is 4.79 Å². The molecule has 1 aromatic carbocycles. The highest BCUT2D eigenvalue weighted by molar-refractivity contribution is 6.42. The van der Waals surface area contributed by atoms with Crippen LogP contribution in [0.25, 0.3) is 0 Å². The molecule has 1 aliphatic rings. The van der Waals surface area contributed by atoms with Crippen molar-refractivity contribution in [3.05, 3.63) is 28.2 Å². The predicted octanol–water partition coefficient (Wildman–Crippen LogP) is 4.53. The monoisotopic (exact) mass is 430 g/mol. The average Bonchev–Trinajstić information content (AvgIpc) is 2.62. The van der Waals surface area contributed by atoms with E-state index in [9.17, 15) is 9.59 Å². The van der Waals surface area contributed by atoms with Crippen LogP contribution in [-0.2, 0) is 9.53 Å². The van der Waals surface area contributed by atoms with E-state index >= 15 is 0 Å². The summed E-state index contributed by atoms with van der Waals surface area (Å²) in [6.07, 6.45) is 1.58. The summed E-state index contributed by atoms with van der Waals surface area (Å²) in [5.74, 6) is 0.878. The van der Waals surface area contributed by atoms with Crippen LogP contribution < -0.4 is 10.1 Å². The lowest BCUT2D eigenvalue weighted by atomic mass is 9.96. The van der Waals surface area contributed by atoms with Crippen molar-refractivity contribution >= 4 is 35.2 Å². The van der Waals surface area contributed by atoms with Crippen LogP contribution in [0.3, 0.4) is 0 Å². The summed E-state index contributed by atoms with van der Waals surface area (Å²) < 4.78 is 10.8. The van der Waals surface area contributed by atoms with Crippen LogP contribution in [0.15, 0.2) is 18.2 Å². The molecule has 1 saturated heterocycles. The Kier molecular flexibility index (Phi) is 8.25.